The number of morpholine rings is 1. The maximum absolute atomic E-state index is 13.0. The Bertz CT molecular complexity index is 800. The summed E-state index contributed by atoms with van der Waals surface area (Å²) >= 11 is 0. The topological polar surface area (TPSA) is 108 Å². The van der Waals surface area contributed by atoms with E-state index in [1.807, 2.05) is 23.1 Å². The number of ether oxygens (including phenoxy) is 1. The lowest BCUT2D eigenvalue weighted by Crippen LogP contribution is -2.64. The fourth-order valence-electron chi connectivity index (χ4n) is 4.52. The van der Waals surface area contributed by atoms with Crippen LogP contribution in [0.4, 0.5) is 11.4 Å². The molecule has 0 atom stereocenters. The van der Waals surface area contributed by atoms with Gasteiger partial charge in [0.05, 0.1) is 31.1 Å². The fourth-order valence-corrected chi connectivity index (χ4v) is 4.52. The van der Waals surface area contributed by atoms with Crippen molar-refractivity contribution in [2.45, 2.75) is 18.4 Å². The number of nitrogens with one attached hydrogen (secondary N) is 1. The summed E-state index contributed by atoms with van der Waals surface area (Å²) in [5.41, 5.74) is 6.51. The zero-order chi connectivity index (χ0) is 20.4. The van der Waals surface area contributed by atoms with Gasteiger partial charge in [0, 0.05) is 26.2 Å². The van der Waals surface area contributed by atoms with Crippen molar-refractivity contribution in [1.82, 2.24) is 9.80 Å². The number of anilines is 2. The molecule has 0 aliphatic carbocycles. The lowest BCUT2D eigenvalue weighted by molar-refractivity contribution is -0.138. The fraction of sp³-hybridized carbons (Fsp3) is 0.550. The second-order valence-corrected chi connectivity index (χ2v) is 7.82. The van der Waals surface area contributed by atoms with E-state index >= 15 is 0 Å². The van der Waals surface area contributed by atoms with Crippen molar-refractivity contribution < 1.29 is 19.1 Å². The smallest absolute Gasteiger partial charge is 0.244 e. The maximum Gasteiger partial charge on any atom is 0.244 e. The van der Waals surface area contributed by atoms with Crippen LogP contribution in [0.15, 0.2) is 24.3 Å². The van der Waals surface area contributed by atoms with Gasteiger partial charge in [-0.1, -0.05) is 12.1 Å². The maximum atomic E-state index is 13.0. The van der Waals surface area contributed by atoms with E-state index in [0.717, 1.165) is 0 Å². The van der Waals surface area contributed by atoms with Crippen molar-refractivity contribution in [3.05, 3.63) is 24.3 Å². The van der Waals surface area contributed by atoms with Crippen LogP contribution in [0.25, 0.3) is 0 Å². The Hall–Kier alpha value is -2.49. The van der Waals surface area contributed by atoms with Crippen LogP contribution in [0.5, 0.6) is 0 Å². The predicted octanol–water partition coefficient (Wildman–Crippen LogP) is -0.376. The highest BCUT2D eigenvalue weighted by atomic mass is 16.5. The van der Waals surface area contributed by atoms with Gasteiger partial charge in [0.2, 0.25) is 17.7 Å². The molecule has 1 aromatic carbocycles. The molecule has 0 saturated carbocycles. The molecular weight excluding hydrogens is 374 g/mol. The molecule has 0 aromatic heterocycles. The highest BCUT2D eigenvalue weighted by molar-refractivity contribution is 6.10. The Balaban J connectivity index is 1.41. The van der Waals surface area contributed by atoms with Gasteiger partial charge in [0.25, 0.3) is 0 Å². The number of primary amides is 1. The van der Waals surface area contributed by atoms with Gasteiger partial charge in [-0.05, 0) is 25.0 Å². The van der Waals surface area contributed by atoms with Crippen LogP contribution in [0.2, 0.25) is 0 Å². The number of nitrogens with zero attached hydrogens (tertiary/aromatic N) is 3. The molecule has 0 spiro atoms. The number of likely N-dealkylation sites (tertiary alicyclic amines) is 1. The van der Waals surface area contributed by atoms with Crippen molar-refractivity contribution >= 4 is 29.1 Å². The molecule has 3 amide bonds. The van der Waals surface area contributed by atoms with Crippen LogP contribution < -0.4 is 16.0 Å². The van der Waals surface area contributed by atoms with Gasteiger partial charge in [-0.3, -0.25) is 29.1 Å². The molecule has 0 unspecified atom stereocenters. The molecule has 3 heterocycles. The van der Waals surface area contributed by atoms with E-state index in [9.17, 15) is 14.4 Å². The van der Waals surface area contributed by atoms with Gasteiger partial charge in [-0.2, -0.15) is 0 Å². The number of carbonyl (C=O) groups is 3. The second-order valence-electron chi connectivity index (χ2n) is 7.82. The van der Waals surface area contributed by atoms with Crippen LogP contribution in [0, 0.1) is 0 Å². The molecule has 9 nitrogen and oxygen atoms in total. The number of para-hydroxylation sites is 2. The first-order chi connectivity index (χ1) is 14.0. The highest BCUT2D eigenvalue weighted by Crippen LogP contribution is 2.31. The molecule has 3 aliphatic heterocycles. The van der Waals surface area contributed by atoms with Gasteiger partial charge >= 0.3 is 0 Å². The number of carbonyl (C=O) groups excluding carboxylic acids is 3. The average Bonchev–Trinajstić information content (AvgIpc) is 2.74. The summed E-state index contributed by atoms with van der Waals surface area (Å²) in [6.07, 6.45) is 1.18. The molecule has 3 N–H and O–H groups in total. The summed E-state index contributed by atoms with van der Waals surface area (Å²) in [6, 6.07) is 7.30. The Morgan fingerprint density at radius 2 is 1.79 bits per heavy atom. The van der Waals surface area contributed by atoms with E-state index in [4.69, 9.17) is 10.5 Å². The van der Waals surface area contributed by atoms with Crippen molar-refractivity contribution in [2.24, 2.45) is 5.73 Å². The molecule has 2 saturated heterocycles. The Kier molecular flexibility index (Phi) is 5.53. The lowest BCUT2D eigenvalue weighted by Gasteiger charge is -2.48. The lowest BCUT2D eigenvalue weighted by atomic mass is 9.84. The van der Waals surface area contributed by atoms with E-state index in [2.05, 4.69) is 10.2 Å². The number of piperidine rings is 1. The third-order valence-electron chi connectivity index (χ3n) is 6.19. The van der Waals surface area contributed by atoms with E-state index in [1.165, 1.54) is 4.90 Å². The zero-order valence-electron chi connectivity index (χ0n) is 16.4. The first-order valence-electron chi connectivity index (χ1n) is 10.0. The number of fused-ring (bicyclic) bond motifs is 1. The summed E-state index contributed by atoms with van der Waals surface area (Å²) in [4.78, 5) is 43.0. The normalized spacial score (nSPS) is 22.6. The summed E-state index contributed by atoms with van der Waals surface area (Å²) in [5.74, 6) is -0.618. The van der Waals surface area contributed by atoms with Crippen molar-refractivity contribution in [2.75, 3.05) is 62.7 Å². The third kappa shape index (κ3) is 3.85. The van der Waals surface area contributed by atoms with Crippen molar-refractivity contribution in [3.8, 4) is 0 Å². The quantitative estimate of drug-likeness (QED) is 0.712. The molecule has 156 valence electrons. The summed E-state index contributed by atoms with van der Waals surface area (Å²) in [5, 5.41) is 2.79. The number of rotatable bonds is 4. The van der Waals surface area contributed by atoms with Gasteiger partial charge in [0.1, 0.15) is 12.1 Å². The van der Waals surface area contributed by atoms with E-state index in [0.29, 0.717) is 63.6 Å². The largest absolute Gasteiger partial charge is 0.379 e. The molecule has 0 radical (unpaired) electrons. The molecular formula is C20H27N5O4. The second kappa shape index (κ2) is 8.10. The minimum Gasteiger partial charge on any atom is -0.379 e. The monoisotopic (exact) mass is 401 g/mol. The van der Waals surface area contributed by atoms with E-state index in [1.54, 1.807) is 6.07 Å². The van der Waals surface area contributed by atoms with Crippen LogP contribution in [0.3, 0.4) is 0 Å². The molecule has 1 aromatic rings. The molecule has 29 heavy (non-hydrogen) atoms. The summed E-state index contributed by atoms with van der Waals surface area (Å²) in [6.45, 7) is 4.04. The SMILES string of the molecule is NC(=O)C1(N2CCOCC2)CCN(CC(=O)N2CC(=O)Nc3ccccc32)CC1. The number of amides is 3. The number of hydrogen-bond donors (Lipinski definition) is 2. The third-order valence-corrected chi connectivity index (χ3v) is 6.19. The number of nitrogens with two attached hydrogens (primary N) is 1. The van der Waals surface area contributed by atoms with Crippen molar-refractivity contribution in [3.63, 3.8) is 0 Å². The average molecular weight is 401 g/mol. The molecule has 2 fully saturated rings. The van der Waals surface area contributed by atoms with E-state index in [-0.39, 0.29) is 30.8 Å². The summed E-state index contributed by atoms with van der Waals surface area (Å²) in [7, 11) is 0. The van der Waals surface area contributed by atoms with Crippen LogP contribution in [-0.4, -0.2) is 85.5 Å². The van der Waals surface area contributed by atoms with Crippen LogP contribution in [-0.2, 0) is 19.1 Å². The zero-order valence-corrected chi connectivity index (χ0v) is 16.4. The number of hydrogen-bond acceptors (Lipinski definition) is 6. The Morgan fingerprint density at radius 1 is 1.10 bits per heavy atom. The summed E-state index contributed by atoms with van der Waals surface area (Å²) < 4.78 is 5.41. The van der Waals surface area contributed by atoms with E-state index < -0.39 is 5.54 Å². The van der Waals surface area contributed by atoms with Crippen molar-refractivity contribution in [1.29, 1.82) is 0 Å². The predicted molar refractivity (Wildman–Crippen MR) is 107 cm³/mol. The van der Waals surface area contributed by atoms with Crippen LogP contribution >= 0.6 is 0 Å². The first kappa shape index (κ1) is 19.8. The van der Waals surface area contributed by atoms with Crippen LogP contribution in [0.1, 0.15) is 12.8 Å². The highest BCUT2D eigenvalue weighted by Gasteiger charge is 2.45. The van der Waals surface area contributed by atoms with Gasteiger partial charge in [-0.25, -0.2) is 0 Å². The first-order valence-corrected chi connectivity index (χ1v) is 10.0. The Morgan fingerprint density at radius 3 is 2.48 bits per heavy atom. The molecule has 4 rings (SSSR count). The minimum atomic E-state index is -0.666. The van der Waals surface area contributed by atoms with Gasteiger partial charge in [-0.15, -0.1) is 0 Å². The minimum absolute atomic E-state index is 0.0166. The molecule has 9 heteroatoms. The molecule has 3 aliphatic rings. The van der Waals surface area contributed by atoms with Gasteiger partial charge in [0.15, 0.2) is 0 Å². The Labute approximate surface area is 169 Å². The van der Waals surface area contributed by atoms with Gasteiger partial charge < -0.3 is 15.8 Å². The standard InChI is InChI=1S/C20H27N5O4/c21-19(28)20(24-9-11-29-12-10-24)5-7-23(8-6-20)14-18(27)25-13-17(26)22-15-3-1-2-4-16(15)25/h1-4H,5-14H2,(H2,21,28)(H,22,26). The number of benzene rings is 1. The molecule has 0 bridgehead atoms.